The molecule has 0 spiro atoms. The predicted octanol–water partition coefficient (Wildman–Crippen LogP) is 4.29. The van der Waals surface area contributed by atoms with Gasteiger partial charge in [-0.25, -0.2) is 12.7 Å². The van der Waals surface area contributed by atoms with Gasteiger partial charge in [0, 0.05) is 19.7 Å². The number of amides is 1. The molecule has 0 unspecified atom stereocenters. The fourth-order valence-electron chi connectivity index (χ4n) is 2.60. The summed E-state index contributed by atoms with van der Waals surface area (Å²) in [5.74, 6) is 0.707. The molecule has 1 N–H and O–H groups in total. The van der Waals surface area contributed by atoms with Gasteiger partial charge in [-0.05, 0) is 49.4 Å². The van der Waals surface area contributed by atoms with E-state index in [1.807, 2.05) is 37.3 Å². The quantitative estimate of drug-likeness (QED) is 0.658. The van der Waals surface area contributed by atoms with Crippen molar-refractivity contribution < 1.29 is 17.9 Å². The second-order valence-corrected chi connectivity index (χ2v) is 8.83. The zero-order valence-corrected chi connectivity index (χ0v) is 17.2. The average molecular weight is 410 g/mol. The van der Waals surface area contributed by atoms with Gasteiger partial charge in [-0.2, -0.15) is 0 Å². The summed E-state index contributed by atoms with van der Waals surface area (Å²) in [6.45, 7) is 1.99. The van der Waals surface area contributed by atoms with Crippen molar-refractivity contribution in [1.29, 1.82) is 0 Å². The van der Waals surface area contributed by atoms with Crippen LogP contribution in [0.5, 0.6) is 11.5 Å². The molecule has 29 heavy (non-hydrogen) atoms. The first kappa shape index (κ1) is 20.6. The fourth-order valence-corrected chi connectivity index (χ4v) is 3.54. The first-order valence-electron chi connectivity index (χ1n) is 8.95. The first-order chi connectivity index (χ1) is 13.8. The molecule has 0 heterocycles. The maximum absolute atomic E-state index is 12.7. The van der Waals surface area contributed by atoms with Gasteiger partial charge in [0.15, 0.2) is 5.75 Å². The van der Waals surface area contributed by atoms with Gasteiger partial charge in [-0.3, -0.25) is 4.79 Å². The van der Waals surface area contributed by atoms with Gasteiger partial charge in [-0.1, -0.05) is 35.9 Å². The molecule has 150 valence electrons. The summed E-state index contributed by atoms with van der Waals surface area (Å²) in [5.41, 5.74) is 1.84. The number of para-hydroxylation sites is 2. The van der Waals surface area contributed by atoms with Crippen LogP contribution < -0.4 is 10.1 Å². The highest BCUT2D eigenvalue weighted by Gasteiger charge is 2.19. The zero-order valence-electron chi connectivity index (χ0n) is 16.4. The predicted molar refractivity (Wildman–Crippen MR) is 113 cm³/mol. The lowest BCUT2D eigenvalue weighted by Crippen LogP contribution is -2.22. The van der Waals surface area contributed by atoms with Crippen LogP contribution in [0.25, 0.3) is 0 Å². The van der Waals surface area contributed by atoms with Crippen molar-refractivity contribution in [3.63, 3.8) is 0 Å². The summed E-state index contributed by atoms with van der Waals surface area (Å²) < 4.78 is 31.6. The number of nitrogens with one attached hydrogen (secondary N) is 1. The molecule has 3 aromatic carbocycles. The summed E-state index contributed by atoms with van der Waals surface area (Å²) in [6, 6.07) is 20.6. The molecule has 0 aromatic heterocycles. The molecule has 1 amide bonds. The highest BCUT2D eigenvalue weighted by Crippen LogP contribution is 2.30. The zero-order chi connectivity index (χ0) is 21.0. The number of carbonyl (C=O) groups excluding carboxylic acids is 1. The Morgan fingerprint density at radius 1 is 0.931 bits per heavy atom. The maximum atomic E-state index is 12.7. The molecule has 3 aromatic rings. The summed E-state index contributed by atoms with van der Waals surface area (Å²) in [6.07, 6.45) is 0. The molecule has 0 saturated carbocycles. The third-order valence-electron chi connectivity index (χ3n) is 4.26. The van der Waals surface area contributed by atoms with Crippen molar-refractivity contribution in [3.05, 3.63) is 83.9 Å². The molecule has 0 bridgehead atoms. The summed E-state index contributed by atoms with van der Waals surface area (Å²) in [7, 11) is -0.739. The number of aryl methyl sites for hydroxylation is 1. The van der Waals surface area contributed by atoms with E-state index in [1.165, 1.54) is 26.2 Å². The largest absolute Gasteiger partial charge is 0.455 e. The van der Waals surface area contributed by atoms with E-state index in [9.17, 15) is 13.2 Å². The minimum Gasteiger partial charge on any atom is -0.455 e. The number of nitrogens with zero attached hydrogens (tertiary/aromatic N) is 1. The van der Waals surface area contributed by atoms with E-state index in [2.05, 4.69) is 5.32 Å². The lowest BCUT2D eigenvalue weighted by atomic mass is 10.2. The number of ether oxygens (including phenoxy) is 1. The van der Waals surface area contributed by atoms with Crippen LogP contribution in [0, 0.1) is 6.92 Å². The number of carbonyl (C=O) groups is 1. The third kappa shape index (κ3) is 4.82. The van der Waals surface area contributed by atoms with Crippen LogP contribution in [-0.2, 0) is 10.0 Å². The van der Waals surface area contributed by atoms with E-state index in [1.54, 1.807) is 30.3 Å². The standard InChI is InChI=1S/C22H22N2O4S/c1-16-11-13-18(14-12-16)28-21-10-5-4-9-20(21)23-22(25)17-7-6-8-19(15-17)29(26,27)24(2)3/h4-15H,1-3H3,(H,23,25). The monoisotopic (exact) mass is 410 g/mol. The van der Waals surface area contributed by atoms with E-state index in [4.69, 9.17) is 4.74 Å². The highest BCUT2D eigenvalue weighted by atomic mass is 32.2. The minimum absolute atomic E-state index is 0.0549. The van der Waals surface area contributed by atoms with Crippen molar-refractivity contribution in [2.24, 2.45) is 0 Å². The molecule has 0 aliphatic heterocycles. The Labute approximate surface area is 170 Å². The van der Waals surface area contributed by atoms with Crippen LogP contribution in [0.15, 0.2) is 77.7 Å². The van der Waals surface area contributed by atoms with Gasteiger partial charge in [-0.15, -0.1) is 0 Å². The molecule has 7 heteroatoms. The second kappa shape index (κ2) is 8.46. The maximum Gasteiger partial charge on any atom is 0.255 e. The molecule has 0 radical (unpaired) electrons. The molecule has 0 saturated heterocycles. The van der Waals surface area contributed by atoms with E-state index in [0.717, 1.165) is 9.87 Å². The van der Waals surface area contributed by atoms with Crippen LogP contribution in [0.3, 0.4) is 0 Å². The fraction of sp³-hybridized carbons (Fsp3) is 0.136. The van der Waals surface area contributed by atoms with Gasteiger partial charge < -0.3 is 10.1 Å². The van der Waals surface area contributed by atoms with Gasteiger partial charge >= 0.3 is 0 Å². The van der Waals surface area contributed by atoms with E-state index >= 15 is 0 Å². The molecular weight excluding hydrogens is 388 g/mol. The van der Waals surface area contributed by atoms with Crippen molar-refractivity contribution in [1.82, 2.24) is 4.31 Å². The van der Waals surface area contributed by atoms with Crippen molar-refractivity contribution in [3.8, 4) is 11.5 Å². The number of sulfonamides is 1. The molecule has 0 fully saturated rings. The van der Waals surface area contributed by atoms with Crippen molar-refractivity contribution in [2.45, 2.75) is 11.8 Å². The topological polar surface area (TPSA) is 75.7 Å². The Morgan fingerprint density at radius 3 is 2.31 bits per heavy atom. The van der Waals surface area contributed by atoms with Crippen LogP contribution in [0.4, 0.5) is 5.69 Å². The van der Waals surface area contributed by atoms with Crippen molar-refractivity contribution in [2.75, 3.05) is 19.4 Å². The third-order valence-corrected chi connectivity index (χ3v) is 6.07. The molecule has 0 aliphatic carbocycles. The van der Waals surface area contributed by atoms with Crippen LogP contribution in [-0.4, -0.2) is 32.7 Å². The summed E-state index contributed by atoms with van der Waals surface area (Å²) >= 11 is 0. The lowest BCUT2D eigenvalue weighted by molar-refractivity contribution is 0.102. The molecule has 0 atom stereocenters. The Hall–Kier alpha value is -3.16. The Balaban J connectivity index is 1.84. The van der Waals surface area contributed by atoms with Crippen molar-refractivity contribution >= 4 is 21.6 Å². The molecule has 6 nitrogen and oxygen atoms in total. The Bertz CT molecular complexity index is 1120. The average Bonchev–Trinajstić information content (AvgIpc) is 2.71. The van der Waals surface area contributed by atoms with Crippen LogP contribution >= 0.6 is 0 Å². The summed E-state index contributed by atoms with van der Waals surface area (Å²) in [5, 5.41) is 2.79. The van der Waals surface area contributed by atoms with Gasteiger partial charge in [0.25, 0.3) is 5.91 Å². The highest BCUT2D eigenvalue weighted by molar-refractivity contribution is 7.89. The number of rotatable bonds is 6. The normalized spacial score (nSPS) is 11.3. The van der Waals surface area contributed by atoms with Crippen LogP contribution in [0.1, 0.15) is 15.9 Å². The number of anilines is 1. The van der Waals surface area contributed by atoms with E-state index < -0.39 is 15.9 Å². The molecule has 3 rings (SSSR count). The summed E-state index contributed by atoms with van der Waals surface area (Å²) in [4.78, 5) is 12.8. The Morgan fingerprint density at radius 2 is 1.62 bits per heavy atom. The van der Waals surface area contributed by atoms with Gasteiger partial charge in [0.05, 0.1) is 10.6 Å². The minimum atomic E-state index is -3.63. The lowest BCUT2D eigenvalue weighted by Gasteiger charge is -2.14. The molecular formula is C22H22N2O4S. The van der Waals surface area contributed by atoms with Gasteiger partial charge in [0.2, 0.25) is 10.0 Å². The number of hydrogen-bond donors (Lipinski definition) is 1. The molecule has 0 aliphatic rings. The SMILES string of the molecule is Cc1ccc(Oc2ccccc2NC(=O)c2cccc(S(=O)(=O)N(C)C)c2)cc1. The van der Waals surface area contributed by atoms with Crippen LogP contribution in [0.2, 0.25) is 0 Å². The first-order valence-corrected chi connectivity index (χ1v) is 10.4. The number of benzene rings is 3. The van der Waals surface area contributed by atoms with Gasteiger partial charge in [0.1, 0.15) is 5.75 Å². The smallest absolute Gasteiger partial charge is 0.255 e. The number of hydrogen-bond acceptors (Lipinski definition) is 4. The van der Waals surface area contributed by atoms with E-state index in [-0.39, 0.29) is 10.5 Å². The van der Waals surface area contributed by atoms with E-state index in [0.29, 0.717) is 17.2 Å². The Kier molecular flexibility index (Phi) is 6.00. The second-order valence-electron chi connectivity index (χ2n) is 6.68.